The number of Topliss-reactive ketones (excluding diaryl/α,β-unsaturated/α-hetero) is 2. The van der Waals surface area contributed by atoms with Crippen molar-refractivity contribution in [2.45, 2.75) is 87.9 Å². The van der Waals surface area contributed by atoms with Crippen LogP contribution in [0.3, 0.4) is 0 Å². The van der Waals surface area contributed by atoms with Crippen LogP contribution in [0.4, 0.5) is 0 Å². The van der Waals surface area contributed by atoms with Gasteiger partial charge in [0.05, 0.1) is 18.2 Å². The van der Waals surface area contributed by atoms with Crippen molar-refractivity contribution in [2.24, 2.45) is 11.8 Å². The third-order valence-corrected chi connectivity index (χ3v) is 9.67. The van der Waals surface area contributed by atoms with Gasteiger partial charge >= 0.3 is 5.97 Å². The molecule has 0 bridgehead atoms. The number of carbonyl (C=O) groups excluding carboxylic acids is 4. The molecule has 2 unspecified atom stereocenters. The molecule has 3 aliphatic rings. The van der Waals surface area contributed by atoms with Crippen LogP contribution < -0.4 is 0 Å². The van der Waals surface area contributed by atoms with E-state index in [0.29, 0.717) is 62.2 Å². The average molecular weight is 549 g/mol. The molecular weight excluding hydrogens is 515 g/mol. The number of carbonyl (C=O) groups is 5. The smallest absolute Gasteiger partial charge is 0.307 e. The monoisotopic (exact) mass is 548 g/mol. The van der Waals surface area contributed by atoms with Crippen LogP contribution >= 0.6 is 23.2 Å². The molecule has 0 saturated heterocycles. The van der Waals surface area contributed by atoms with Gasteiger partial charge in [0.15, 0.2) is 11.6 Å². The van der Waals surface area contributed by atoms with Gasteiger partial charge in [-0.15, -0.1) is 23.2 Å². The summed E-state index contributed by atoms with van der Waals surface area (Å²) >= 11 is 12.3. The number of halogens is 2. The number of hydrogen-bond acceptors (Lipinski definition) is 5. The van der Waals surface area contributed by atoms with Gasteiger partial charge in [0.25, 0.3) is 0 Å². The Hall–Kier alpha value is -2.05. The lowest BCUT2D eigenvalue weighted by atomic mass is 9.57. The molecular formula is C29H34Cl2O6. The molecule has 200 valence electrons. The second kappa shape index (κ2) is 11.4. The highest BCUT2D eigenvalue weighted by atomic mass is 35.5. The zero-order valence-electron chi connectivity index (χ0n) is 21.0. The van der Waals surface area contributed by atoms with Crippen molar-refractivity contribution in [3.8, 4) is 0 Å². The van der Waals surface area contributed by atoms with Crippen LogP contribution in [0.5, 0.6) is 0 Å². The van der Waals surface area contributed by atoms with Gasteiger partial charge in [0.2, 0.25) is 0 Å². The number of fused-ring (bicyclic) bond motifs is 1. The minimum atomic E-state index is -1.73. The standard InChI is InChI=1S/C29H34Cl2O6/c30-14-23(34)28(16-32,20-7-1-2-8-20)26-19(13-25(36)37)12-18-6-5-11-22(18)27(26)29(17-33,24(35)15-31)21-9-3-4-10-21/h12,16-17,20-21H,1-11,13-15H2,(H,36,37). The van der Waals surface area contributed by atoms with Crippen LogP contribution in [-0.4, -0.2) is 47.0 Å². The predicted octanol–water partition coefficient (Wildman–Crippen LogP) is 4.67. The van der Waals surface area contributed by atoms with Crippen LogP contribution in [0.2, 0.25) is 0 Å². The Bertz CT molecular complexity index is 1100. The van der Waals surface area contributed by atoms with E-state index in [-0.39, 0.29) is 17.4 Å². The van der Waals surface area contributed by atoms with Gasteiger partial charge in [-0.3, -0.25) is 14.4 Å². The van der Waals surface area contributed by atoms with E-state index in [4.69, 9.17) is 23.2 Å². The van der Waals surface area contributed by atoms with E-state index in [2.05, 4.69) is 0 Å². The van der Waals surface area contributed by atoms with E-state index in [9.17, 15) is 29.1 Å². The minimum Gasteiger partial charge on any atom is -0.481 e. The third-order valence-electron chi connectivity index (χ3n) is 9.19. The molecule has 1 aromatic carbocycles. The third kappa shape index (κ3) is 4.48. The number of carboxylic acids is 1. The first-order valence-electron chi connectivity index (χ1n) is 13.3. The lowest BCUT2D eigenvalue weighted by Gasteiger charge is -2.43. The van der Waals surface area contributed by atoms with Gasteiger partial charge in [-0.1, -0.05) is 31.7 Å². The number of benzene rings is 1. The van der Waals surface area contributed by atoms with Gasteiger partial charge in [-0.05, 0) is 84.6 Å². The molecule has 37 heavy (non-hydrogen) atoms. The summed E-state index contributed by atoms with van der Waals surface area (Å²) in [6, 6.07) is 1.79. The summed E-state index contributed by atoms with van der Waals surface area (Å²) in [7, 11) is 0. The maximum absolute atomic E-state index is 13.8. The molecule has 0 heterocycles. The van der Waals surface area contributed by atoms with Crippen molar-refractivity contribution in [3.63, 3.8) is 0 Å². The van der Waals surface area contributed by atoms with Crippen molar-refractivity contribution < 1.29 is 29.1 Å². The molecule has 3 aliphatic carbocycles. The highest BCUT2D eigenvalue weighted by Gasteiger charge is 2.56. The Kier molecular flexibility index (Phi) is 8.59. The Labute approximate surface area is 227 Å². The topological polar surface area (TPSA) is 106 Å². The highest BCUT2D eigenvalue weighted by Crippen LogP contribution is 2.53. The van der Waals surface area contributed by atoms with E-state index < -0.39 is 46.5 Å². The van der Waals surface area contributed by atoms with E-state index in [1.165, 1.54) is 0 Å². The first-order valence-corrected chi connectivity index (χ1v) is 14.4. The van der Waals surface area contributed by atoms with E-state index in [0.717, 1.165) is 43.2 Å². The van der Waals surface area contributed by atoms with Gasteiger partial charge < -0.3 is 14.7 Å². The summed E-state index contributed by atoms with van der Waals surface area (Å²) in [5.41, 5.74) is -0.721. The van der Waals surface area contributed by atoms with E-state index >= 15 is 0 Å². The number of rotatable bonds is 12. The van der Waals surface area contributed by atoms with Crippen molar-refractivity contribution in [3.05, 3.63) is 33.9 Å². The van der Waals surface area contributed by atoms with E-state index in [1.807, 2.05) is 0 Å². The molecule has 2 atom stereocenters. The largest absolute Gasteiger partial charge is 0.481 e. The van der Waals surface area contributed by atoms with Crippen LogP contribution in [0.15, 0.2) is 6.07 Å². The number of ketones is 2. The van der Waals surface area contributed by atoms with Gasteiger partial charge in [0.1, 0.15) is 23.4 Å². The van der Waals surface area contributed by atoms with Gasteiger partial charge in [-0.2, -0.15) is 0 Å². The quantitative estimate of drug-likeness (QED) is 0.231. The molecule has 2 fully saturated rings. The lowest BCUT2D eigenvalue weighted by molar-refractivity contribution is -0.136. The maximum Gasteiger partial charge on any atom is 0.307 e. The molecule has 4 rings (SSSR count). The molecule has 0 amide bonds. The summed E-state index contributed by atoms with van der Waals surface area (Å²) in [5.74, 6) is -3.63. The molecule has 2 saturated carbocycles. The number of alkyl halides is 2. The lowest BCUT2D eigenvalue weighted by Crippen LogP contribution is -2.52. The fourth-order valence-electron chi connectivity index (χ4n) is 7.60. The minimum absolute atomic E-state index is 0.251. The Morgan fingerprint density at radius 1 is 0.811 bits per heavy atom. The number of aldehydes is 2. The molecule has 0 spiro atoms. The Morgan fingerprint density at radius 2 is 1.30 bits per heavy atom. The van der Waals surface area contributed by atoms with Crippen molar-refractivity contribution in [1.82, 2.24) is 0 Å². The summed E-state index contributed by atoms with van der Waals surface area (Å²) in [4.78, 5) is 66.3. The molecule has 8 heteroatoms. The second-order valence-corrected chi connectivity index (χ2v) is 11.4. The number of aryl methyl sites for hydroxylation is 1. The number of hydrogen-bond donors (Lipinski definition) is 1. The first-order chi connectivity index (χ1) is 17.8. The molecule has 0 aromatic heterocycles. The summed E-state index contributed by atoms with van der Waals surface area (Å²) in [6.45, 7) is 0. The maximum atomic E-state index is 13.8. The zero-order valence-corrected chi connectivity index (χ0v) is 22.5. The molecule has 0 radical (unpaired) electrons. The number of carboxylic acid groups (broad SMARTS) is 1. The molecule has 1 N–H and O–H groups in total. The van der Waals surface area contributed by atoms with Crippen LogP contribution in [-0.2, 0) is 54.1 Å². The highest BCUT2D eigenvalue weighted by molar-refractivity contribution is 6.32. The van der Waals surface area contributed by atoms with Crippen LogP contribution in [0, 0.1) is 11.8 Å². The summed E-state index contributed by atoms with van der Waals surface area (Å²) in [5, 5.41) is 9.90. The normalized spacial score (nSPS) is 21.2. The van der Waals surface area contributed by atoms with Crippen molar-refractivity contribution in [1.29, 1.82) is 0 Å². The SMILES string of the molecule is O=CC(C(=O)CCl)(c1c(CC(=O)O)cc2c(c1C(C=O)(C(=O)CCl)C1CCCC1)CCC2)C1CCCC1. The second-order valence-electron chi connectivity index (χ2n) is 10.9. The average Bonchev–Trinajstić information content (AvgIpc) is 3.68. The van der Waals surface area contributed by atoms with Crippen LogP contribution in [0.25, 0.3) is 0 Å². The van der Waals surface area contributed by atoms with Crippen molar-refractivity contribution >= 4 is 53.3 Å². The summed E-state index contributed by atoms with van der Waals surface area (Å²) < 4.78 is 0. The van der Waals surface area contributed by atoms with Gasteiger partial charge in [0, 0.05) is 0 Å². The Balaban J connectivity index is 2.21. The zero-order chi connectivity index (χ0) is 26.8. The van der Waals surface area contributed by atoms with Crippen molar-refractivity contribution in [2.75, 3.05) is 11.8 Å². The predicted molar refractivity (Wildman–Crippen MR) is 141 cm³/mol. The van der Waals surface area contributed by atoms with E-state index in [1.54, 1.807) is 6.07 Å². The molecule has 6 nitrogen and oxygen atoms in total. The summed E-state index contributed by atoms with van der Waals surface area (Å²) in [6.07, 6.45) is 8.75. The first kappa shape index (κ1) is 28.0. The Morgan fingerprint density at radius 3 is 1.73 bits per heavy atom. The fraction of sp³-hybridized carbons (Fsp3) is 0.621. The molecule has 1 aromatic rings. The fourth-order valence-corrected chi connectivity index (χ4v) is 8.05. The number of aliphatic carboxylic acids is 1. The molecule has 0 aliphatic heterocycles. The van der Waals surface area contributed by atoms with Crippen LogP contribution in [0.1, 0.15) is 85.6 Å². The van der Waals surface area contributed by atoms with Gasteiger partial charge in [-0.25, -0.2) is 0 Å².